The van der Waals surface area contributed by atoms with Crippen molar-refractivity contribution in [3.8, 4) is 11.5 Å². The molecule has 4 heteroatoms. The van der Waals surface area contributed by atoms with E-state index in [9.17, 15) is 0 Å². The molecule has 0 spiro atoms. The number of ether oxygens (including phenoxy) is 2. The molecule has 1 aromatic rings. The molecular weight excluding hydrogens is 204 g/mol. The second-order valence-electron chi connectivity index (χ2n) is 4.37. The van der Waals surface area contributed by atoms with E-state index in [0.717, 1.165) is 31.1 Å². The first-order chi connectivity index (χ1) is 7.86. The Bertz CT molecular complexity index is 395. The molecule has 2 heterocycles. The highest BCUT2D eigenvalue weighted by Crippen LogP contribution is 2.36. The Morgan fingerprint density at radius 2 is 2.19 bits per heavy atom. The molecule has 1 fully saturated rings. The molecule has 2 N–H and O–H groups in total. The van der Waals surface area contributed by atoms with E-state index in [1.54, 1.807) is 0 Å². The van der Waals surface area contributed by atoms with Crippen LogP contribution in [0.2, 0.25) is 0 Å². The Morgan fingerprint density at radius 3 is 3.00 bits per heavy atom. The first-order valence-electron chi connectivity index (χ1n) is 5.71. The van der Waals surface area contributed by atoms with E-state index in [2.05, 4.69) is 17.0 Å². The number of benzene rings is 1. The van der Waals surface area contributed by atoms with Crippen molar-refractivity contribution in [1.29, 1.82) is 0 Å². The fourth-order valence-corrected chi connectivity index (χ4v) is 2.34. The topological polar surface area (TPSA) is 47.7 Å². The standard InChI is InChI=1S/C12H16N2O2/c13-6-9-3-4-14(7-9)10-1-2-11-12(5-10)16-8-15-11/h1-2,5,9H,3-4,6-8,13H2. The molecule has 0 bridgehead atoms. The summed E-state index contributed by atoms with van der Waals surface area (Å²) in [5.41, 5.74) is 6.90. The van der Waals surface area contributed by atoms with Crippen LogP contribution in [-0.2, 0) is 0 Å². The Kier molecular flexibility index (Phi) is 2.36. The van der Waals surface area contributed by atoms with Gasteiger partial charge in [0.2, 0.25) is 6.79 Å². The number of nitrogens with zero attached hydrogens (tertiary/aromatic N) is 1. The Balaban J connectivity index is 1.80. The zero-order valence-corrected chi connectivity index (χ0v) is 9.19. The molecule has 0 radical (unpaired) electrons. The summed E-state index contributed by atoms with van der Waals surface area (Å²) < 4.78 is 10.7. The SMILES string of the molecule is NCC1CCN(c2ccc3c(c2)OCO3)C1. The van der Waals surface area contributed by atoms with Gasteiger partial charge in [-0.2, -0.15) is 0 Å². The molecule has 1 unspecified atom stereocenters. The number of hydrogen-bond acceptors (Lipinski definition) is 4. The lowest BCUT2D eigenvalue weighted by Gasteiger charge is -2.18. The largest absolute Gasteiger partial charge is 0.454 e. The fraction of sp³-hybridized carbons (Fsp3) is 0.500. The highest BCUT2D eigenvalue weighted by atomic mass is 16.7. The van der Waals surface area contributed by atoms with E-state index in [0.29, 0.717) is 12.7 Å². The van der Waals surface area contributed by atoms with Crippen LogP contribution in [0, 0.1) is 5.92 Å². The van der Waals surface area contributed by atoms with Gasteiger partial charge in [0, 0.05) is 24.8 Å². The van der Waals surface area contributed by atoms with Crippen LogP contribution in [-0.4, -0.2) is 26.4 Å². The summed E-state index contributed by atoms with van der Waals surface area (Å²) in [5.74, 6) is 2.33. The summed E-state index contributed by atoms with van der Waals surface area (Å²) in [6.07, 6.45) is 1.19. The number of anilines is 1. The summed E-state index contributed by atoms with van der Waals surface area (Å²) in [4.78, 5) is 2.36. The van der Waals surface area contributed by atoms with Crippen molar-refractivity contribution in [3.05, 3.63) is 18.2 Å². The number of fused-ring (bicyclic) bond motifs is 1. The van der Waals surface area contributed by atoms with Gasteiger partial charge in [-0.05, 0) is 31.0 Å². The van der Waals surface area contributed by atoms with Crippen LogP contribution >= 0.6 is 0 Å². The molecule has 1 aromatic carbocycles. The minimum absolute atomic E-state index is 0.338. The van der Waals surface area contributed by atoms with Gasteiger partial charge < -0.3 is 20.1 Å². The molecule has 1 saturated heterocycles. The lowest BCUT2D eigenvalue weighted by molar-refractivity contribution is 0.174. The van der Waals surface area contributed by atoms with Gasteiger partial charge in [0.1, 0.15) is 0 Å². The van der Waals surface area contributed by atoms with Crippen LogP contribution in [0.25, 0.3) is 0 Å². The van der Waals surface area contributed by atoms with Gasteiger partial charge in [-0.3, -0.25) is 0 Å². The van der Waals surface area contributed by atoms with Gasteiger partial charge in [-0.15, -0.1) is 0 Å². The van der Waals surface area contributed by atoms with Crippen LogP contribution < -0.4 is 20.1 Å². The van der Waals surface area contributed by atoms with Crippen molar-refractivity contribution in [2.75, 3.05) is 31.3 Å². The average Bonchev–Trinajstić information content (AvgIpc) is 2.96. The summed E-state index contributed by atoms with van der Waals surface area (Å²) in [6.45, 7) is 3.25. The van der Waals surface area contributed by atoms with Crippen LogP contribution in [0.1, 0.15) is 6.42 Å². The Morgan fingerprint density at radius 1 is 1.31 bits per heavy atom. The average molecular weight is 220 g/mol. The van der Waals surface area contributed by atoms with E-state index >= 15 is 0 Å². The molecule has 0 aliphatic carbocycles. The molecule has 0 saturated carbocycles. The first-order valence-corrected chi connectivity index (χ1v) is 5.71. The zero-order valence-electron chi connectivity index (χ0n) is 9.19. The van der Waals surface area contributed by atoms with Crippen molar-refractivity contribution < 1.29 is 9.47 Å². The van der Waals surface area contributed by atoms with Gasteiger partial charge in [0.15, 0.2) is 11.5 Å². The molecule has 16 heavy (non-hydrogen) atoms. The quantitative estimate of drug-likeness (QED) is 0.813. The summed E-state index contributed by atoms with van der Waals surface area (Å²) in [6, 6.07) is 6.13. The van der Waals surface area contributed by atoms with Crippen LogP contribution in [0.4, 0.5) is 5.69 Å². The third kappa shape index (κ3) is 1.59. The third-order valence-corrected chi connectivity index (χ3v) is 3.34. The van der Waals surface area contributed by atoms with E-state index in [1.807, 2.05) is 6.07 Å². The molecule has 2 aliphatic heterocycles. The minimum atomic E-state index is 0.338. The van der Waals surface area contributed by atoms with Gasteiger partial charge in [-0.1, -0.05) is 0 Å². The van der Waals surface area contributed by atoms with Gasteiger partial charge in [0.05, 0.1) is 0 Å². The maximum absolute atomic E-state index is 5.69. The molecule has 1 atom stereocenters. The third-order valence-electron chi connectivity index (χ3n) is 3.34. The van der Waals surface area contributed by atoms with Gasteiger partial charge in [-0.25, -0.2) is 0 Å². The molecule has 3 rings (SSSR count). The molecule has 0 amide bonds. The Labute approximate surface area is 94.9 Å². The predicted molar refractivity (Wildman–Crippen MR) is 61.9 cm³/mol. The van der Waals surface area contributed by atoms with Crippen LogP contribution in [0.15, 0.2) is 18.2 Å². The van der Waals surface area contributed by atoms with Crippen molar-refractivity contribution >= 4 is 5.69 Å². The van der Waals surface area contributed by atoms with Crippen LogP contribution in [0.5, 0.6) is 11.5 Å². The maximum Gasteiger partial charge on any atom is 0.231 e. The second-order valence-corrected chi connectivity index (χ2v) is 4.37. The summed E-state index contributed by atoms with van der Waals surface area (Å²) in [7, 11) is 0. The van der Waals surface area contributed by atoms with Crippen molar-refractivity contribution in [2.45, 2.75) is 6.42 Å². The van der Waals surface area contributed by atoms with E-state index in [1.165, 1.54) is 12.1 Å². The van der Waals surface area contributed by atoms with Crippen molar-refractivity contribution in [3.63, 3.8) is 0 Å². The molecule has 4 nitrogen and oxygen atoms in total. The Hall–Kier alpha value is -1.42. The molecular formula is C12H16N2O2. The summed E-state index contributed by atoms with van der Waals surface area (Å²) in [5, 5.41) is 0. The van der Waals surface area contributed by atoms with Crippen molar-refractivity contribution in [1.82, 2.24) is 0 Å². The highest BCUT2D eigenvalue weighted by Gasteiger charge is 2.23. The van der Waals surface area contributed by atoms with Crippen molar-refractivity contribution in [2.24, 2.45) is 11.7 Å². The monoisotopic (exact) mass is 220 g/mol. The lowest BCUT2D eigenvalue weighted by Crippen LogP contribution is -2.22. The normalized spacial score (nSPS) is 22.8. The first kappa shape index (κ1) is 9.78. The summed E-state index contributed by atoms with van der Waals surface area (Å²) >= 11 is 0. The van der Waals surface area contributed by atoms with Gasteiger partial charge in [0.25, 0.3) is 0 Å². The number of nitrogens with two attached hydrogens (primary N) is 1. The zero-order chi connectivity index (χ0) is 11.0. The molecule has 86 valence electrons. The van der Waals surface area contributed by atoms with E-state index < -0.39 is 0 Å². The van der Waals surface area contributed by atoms with Gasteiger partial charge >= 0.3 is 0 Å². The minimum Gasteiger partial charge on any atom is -0.454 e. The molecule has 2 aliphatic rings. The smallest absolute Gasteiger partial charge is 0.231 e. The fourth-order valence-electron chi connectivity index (χ4n) is 2.34. The van der Waals surface area contributed by atoms with E-state index in [4.69, 9.17) is 15.2 Å². The second kappa shape index (κ2) is 3.87. The lowest BCUT2D eigenvalue weighted by atomic mass is 10.1. The number of rotatable bonds is 2. The van der Waals surface area contributed by atoms with Crippen LogP contribution in [0.3, 0.4) is 0 Å². The predicted octanol–water partition coefficient (Wildman–Crippen LogP) is 1.20. The highest BCUT2D eigenvalue weighted by molar-refractivity contribution is 5.57. The maximum atomic E-state index is 5.69. The molecule has 0 aromatic heterocycles. The van der Waals surface area contributed by atoms with E-state index in [-0.39, 0.29) is 0 Å². The number of hydrogen-bond donors (Lipinski definition) is 1.